The number of carboxylic acids is 1. The Kier molecular flexibility index (Phi) is 11.2. The SMILES string of the molecule is N#Cc1ccc(-c2ccc(C[C@H](NC(=O)C3Cc4cc5c(cc4CN3Cc3nccs3)OC(c3ccc(OCc4cccc(Cl)c4)cc3)C(=O)N5)C(=O)O)cc2)cc1. The highest BCUT2D eigenvalue weighted by atomic mass is 35.5. The summed E-state index contributed by atoms with van der Waals surface area (Å²) in [7, 11) is 0. The van der Waals surface area contributed by atoms with Crippen LogP contribution in [0.2, 0.25) is 5.02 Å². The number of hydrogen-bond donors (Lipinski definition) is 3. The molecule has 2 aliphatic rings. The van der Waals surface area contributed by atoms with Crippen LogP contribution in [-0.4, -0.2) is 44.9 Å². The maximum atomic E-state index is 14.1. The van der Waals surface area contributed by atoms with Gasteiger partial charge in [-0.05, 0) is 88.3 Å². The van der Waals surface area contributed by atoms with E-state index in [0.29, 0.717) is 53.0 Å². The molecule has 8 rings (SSSR count). The highest BCUT2D eigenvalue weighted by Crippen LogP contribution is 2.40. The van der Waals surface area contributed by atoms with Gasteiger partial charge in [0.05, 0.1) is 29.9 Å². The van der Waals surface area contributed by atoms with E-state index >= 15 is 0 Å². The molecule has 58 heavy (non-hydrogen) atoms. The molecule has 3 heterocycles. The summed E-state index contributed by atoms with van der Waals surface area (Å²) in [5, 5.41) is 28.5. The van der Waals surface area contributed by atoms with Crippen molar-refractivity contribution in [2.45, 2.75) is 50.7 Å². The molecule has 6 aromatic rings. The van der Waals surface area contributed by atoms with Crippen molar-refractivity contribution in [3.63, 3.8) is 0 Å². The van der Waals surface area contributed by atoms with Gasteiger partial charge in [0.25, 0.3) is 5.91 Å². The number of nitriles is 1. The van der Waals surface area contributed by atoms with Gasteiger partial charge >= 0.3 is 5.97 Å². The third-order valence-electron chi connectivity index (χ3n) is 10.2. The Morgan fingerprint density at radius 1 is 1.00 bits per heavy atom. The molecular formula is C45H36ClN5O6S. The fraction of sp³-hybridized carbons (Fsp3) is 0.178. The standard InChI is InChI=1S/C45H36ClN5O6S/c46-35-3-1-2-29(18-35)26-56-36-14-12-32(13-15-36)42-44(53)49-37-20-33-21-39(51(25-41-48-16-17-58-41)24-34(33)22-40(37)57-42)43(52)50-38(45(54)55)19-27-4-8-30(9-5-27)31-10-6-28(23-47)7-11-31/h1-18,20,22,38-39,42H,19,21,24-26H2,(H,49,53)(H,50,52)(H,54,55)/t38-,39?,42?/m0/s1. The number of nitrogens with zero attached hydrogens (tertiary/aromatic N) is 3. The molecule has 2 aliphatic heterocycles. The van der Waals surface area contributed by atoms with E-state index in [-0.39, 0.29) is 18.7 Å². The molecule has 3 N–H and O–H groups in total. The number of aliphatic carboxylic acids is 1. The van der Waals surface area contributed by atoms with Crippen molar-refractivity contribution in [1.29, 1.82) is 5.26 Å². The minimum absolute atomic E-state index is 0.0846. The minimum atomic E-state index is -1.17. The summed E-state index contributed by atoms with van der Waals surface area (Å²) in [5.41, 5.74) is 7.05. The maximum absolute atomic E-state index is 14.1. The van der Waals surface area contributed by atoms with E-state index in [9.17, 15) is 19.5 Å². The second-order valence-electron chi connectivity index (χ2n) is 14.1. The van der Waals surface area contributed by atoms with E-state index in [1.807, 2.05) is 77.0 Å². The minimum Gasteiger partial charge on any atom is -0.489 e. The summed E-state index contributed by atoms with van der Waals surface area (Å²) in [5.74, 6) is -0.738. The number of benzene rings is 5. The van der Waals surface area contributed by atoms with Gasteiger partial charge in [0.15, 0.2) is 0 Å². The number of ether oxygens (including phenoxy) is 2. The van der Waals surface area contributed by atoms with Crippen molar-refractivity contribution in [2.75, 3.05) is 5.32 Å². The Labute approximate surface area is 343 Å². The first-order valence-corrected chi connectivity index (χ1v) is 19.8. The van der Waals surface area contributed by atoms with Gasteiger partial charge in [-0.2, -0.15) is 5.26 Å². The third-order valence-corrected chi connectivity index (χ3v) is 11.2. The Bertz CT molecular complexity index is 2510. The molecule has 0 aliphatic carbocycles. The van der Waals surface area contributed by atoms with Gasteiger partial charge in [-0.3, -0.25) is 14.5 Å². The quantitative estimate of drug-likeness (QED) is 0.113. The number of thiazole rings is 1. The molecule has 0 fully saturated rings. The Hall–Kier alpha value is -6.52. The van der Waals surface area contributed by atoms with Gasteiger partial charge in [-0.1, -0.05) is 72.3 Å². The van der Waals surface area contributed by atoms with E-state index in [0.717, 1.165) is 38.4 Å². The fourth-order valence-electron chi connectivity index (χ4n) is 7.20. The van der Waals surface area contributed by atoms with Crippen LogP contribution >= 0.6 is 22.9 Å². The van der Waals surface area contributed by atoms with E-state index in [1.54, 1.807) is 48.7 Å². The summed E-state index contributed by atoms with van der Waals surface area (Å²) in [6.45, 7) is 1.10. The number of fused-ring (bicyclic) bond motifs is 2. The maximum Gasteiger partial charge on any atom is 0.326 e. The number of hydrogen-bond acceptors (Lipinski definition) is 9. The molecule has 11 nitrogen and oxygen atoms in total. The van der Waals surface area contributed by atoms with E-state index < -0.39 is 30.1 Å². The van der Waals surface area contributed by atoms with Crippen molar-refractivity contribution in [3.05, 3.63) is 164 Å². The predicted molar refractivity (Wildman–Crippen MR) is 219 cm³/mol. The number of anilines is 1. The first-order valence-electron chi connectivity index (χ1n) is 18.5. The van der Waals surface area contributed by atoms with E-state index in [4.69, 9.17) is 26.3 Å². The van der Waals surface area contributed by atoms with Gasteiger partial charge in [-0.25, -0.2) is 9.78 Å². The van der Waals surface area contributed by atoms with Crippen LogP contribution in [0.1, 0.15) is 44.5 Å². The molecule has 5 aromatic carbocycles. The first kappa shape index (κ1) is 38.4. The summed E-state index contributed by atoms with van der Waals surface area (Å²) in [6.07, 6.45) is 1.19. The molecule has 0 saturated heterocycles. The molecule has 0 spiro atoms. The van der Waals surface area contributed by atoms with Crippen LogP contribution < -0.4 is 20.1 Å². The number of nitrogens with one attached hydrogen (secondary N) is 2. The van der Waals surface area contributed by atoms with Crippen LogP contribution in [-0.2, 0) is 46.9 Å². The third kappa shape index (κ3) is 8.72. The average Bonchev–Trinajstić information content (AvgIpc) is 3.75. The van der Waals surface area contributed by atoms with Crippen molar-refractivity contribution >= 4 is 46.4 Å². The molecule has 13 heteroatoms. The molecule has 0 saturated carbocycles. The molecule has 1 aromatic heterocycles. The molecular weight excluding hydrogens is 774 g/mol. The van der Waals surface area contributed by atoms with Crippen molar-refractivity contribution in [2.24, 2.45) is 0 Å². The van der Waals surface area contributed by atoms with Crippen molar-refractivity contribution in [3.8, 4) is 28.7 Å². The molecule has 0 radical (unpaired) electrons. The molecule has 2 amide bonds. The lowest BCUT2D eigenvalue weighted by Crippen LogP contribution is -2.54. The fourth-order valence-corrected chi connectivity index (χ4v) is 8.05. The highest BCUT2D eigenvalue weighted by Gasteiger charge is 2.37. The summed E-state index contributed by atoms with van der Waals surface area (Å²) < 4.78 is 12.2. The van der Waals surface area contributed by atoms with Crippen LogP contribution in [0, 0.1) is 11.3 Å². The number of amides is 2. The predicted octanol–water partition coefficient (Wildman–Crippen LogP) is 7.73. The zero-order chi connectivity index (χ0) is 40.2. The van der Waals surface area contributed by atoms with Crippen LogP contribution in [0.3, 0.4) is 0 Å². The Morgan fingerprint density at radius 3 is 2.45 bits per heavy atom. The number of carbonyl (C=O) groups is 3. The van der Waals surface area contributed by atoms with Crippen molar-refractivity contribution < 1.29 is 29.0 Å². The Morgan fingerprint density at radius 2 is 1.76 bits per heavy atom. The first-order chi connectivity index (χ1) is 28.2. The Balaban J connectivity index is 0.966. The van der Waals surface area contributed by atoms with Gasteiger partial charge in [0.2, 0.25) is 12.0 Å². The number of carbonyl (C=O) groups excluding carboxylic acids is 2. The molecule has 3 atom stereocenters. The van der Waals surface area contributed by atoms with Crippen LogP contribution in [0.15, 0.2) is 121 Å². The molecule has 290 valence electrons. The summed E-state index contributed by atoms with van der Waals surface area (Å²) >= 11 is 7.57. The number of rotatable bonds is 12. The van der Waals surface area contributed by atoms with Crippen LogP contribution in [0.25, 0.3) is 11.1 Å². The normalized spacial score (nSPS) is 16.4. The second kappa shape index (κ2) is 16.9. The van der Waals surface area contributed by atoms with Gasteiger partial charge in [0.1, 0.15) is 29.2 Å². The van der Waals surface area contributed by atoms with Crippen molar-refractivity contribution in [1.82, 2.24) is 15.2 Å². The smallest absolute Gasteiger partial charge is 0.326 e. The van der Waals surface area contributed by atoms with Crippen LogP contribution in [0.4, 0.5) is 5.69 Å². The summed E-state index contributed by atoms with van der Waals surface area (Å²) in [6, 6.07) is 33.3. The largest absolute Gasteiger partial charge is 0.489 e. The average molecular weight is 810 g/mol. The van der Waals surface area contributed by atoms with Gasteiger partial charge in [-0.15, -0.1) is 11.3 Å². The van der Waals surface area contributed by atoms with Gasteiger partial charge in [0, 0.05) is 35.1 Å². The summed E-state index contributed by atoms with van der Waals surface area (Å²) in [4.78, 5) is 46.4. The second-order valence-corrected chi connectivity index (χ2v) is 15.5. The number of aromatic nitrogens is 1. The van der Waals surface area contributed by atoms with E-state index in [1.165, 1.54) is 11.3 Å². The van der Waals surface area contributed by atoms with E-state index in [2.05, 4.69) is 21.7 Å². The number of carboxylic acid groups (broad SMARTS) is 1. The molecule has 0 bridgehead atoms. The number of halogens is 1. The van der Waals surface area contributed by atoms with Crippen LogP contribution in [0.5, 0.6) is 11.5 Å². The zero-order valence-corrected chi connectivity index (χ0v) is 32.5. The topological polar surface area (TPSA) is 154 Å². The molecule has 2 unspecified atom stereocenters. The zero-order valence-electron chi connectivity index (χ0n) is 30.9. The lowest BCUT2D eigenvalue weighted by Gasteiger charge is -2.37. The van der Waals surface area contributed by atoms with Gasteiger partial charge < -0.3 is 25.2 Å². The highest BCUT2D eigenvalue weighted by molar-refractivity contribution is 7.09. The lowest BCUT2D eigenvalue weighted by molar-refractivity contribution is -0.142. The lowest BCUT2D eigenvalue weighted by atomic mass is 9.91. The monoisotopic (exact) mass is 809 g/mol.